The molecule has 1 N–H and O–H groups in total. The van der Waals surface area contributed by atoms with E-state index in [4.69, 9.17) is 18.9 Å². The van der Waals surface area contributed by atoms with Crippen molar-refractivity contribution in [3.63, 3.8) is 0 Å². The van der Waals surface area contributed by atoms with Gasteiger partial charge >= 0.3 is 12.2 Å². The largest absolute Gasteiger partial charge is 0.489 e. The molecule has 198 valence electrons. The Labute approximate surface area is 211 Å². The van der Waals surface area contributed by atoms with E-state index in [-0.39, 0.29) is 25.3 Å². The molecule has 2 aromatic rings. The number of rotatable bonds is 9. The maximum atomic E-state index is 13.2. The van der Waals surface area contributed by atoms with Gasteiger partial charge in [0.15, 0.2) is 0 Å². The molecule has 0 atom stereocenters. The average molecular weight is 506 g/mol. The molecule has 0 aliphatic rings. The summed E-state index contributed by atoms with van der Waals surface area (Å²) in [6, 6.07) is 8.81. The Kier molecular flexibility index (Phi) is 9.89. The van der Waals surface area contributed by atoms with Crippen LogP contribution in [-0.4, -0.2) is 66.6 Å². The van der Waals surface area contributed by atoms with Crippen molar-refractivity contribution in [2.75, 3.05) is 33.4 Å². The second-order valence-electron chi connectivity index (χ2n) is 10.2. The smallest absolute Gasteiger partial charge is 0.410 e. The molecule has 1 aromatic heterocycles. The average Bonchev–Trinajstić information content (AvgIpc) is 2.76. The Morgan fingerprint density at radius 3 is 2.36 bits per heavy atom. The molecule has 10 heteroatoms. The lowest BCUT2D eigenvalue weighted by molar-refractivity contribution is 0.0277. The summed E-state index contributed by atoms with van der Waals surface area (Å²) in [7, 11) is 1.64. The second kappa shape index (κ2) is 12.4. The summed E-state index contributed by atoms with van der Waals surface area (Å²) in [5.41, 5.74) is -0.261. The number of carbonyl (C=O) groups excluding carboxylic acids is 2. The zero-order chi connectivity index (χ0) is 26.9. The lowest BCUT2D eigenvalue weighted by Gasteiger charge is -2.24. The zero-order valence-electron chi connectivity index (χ0n) is 22.0. The predicted molar refractivity (Wildman–Crippen MR) is 135 cm³/mol. The van der Waals surface area contributed by atoms with Gasteiger partial charge in [-0.05, 0) is 65.8 Å². The standard InChI is InChI=1S/C26H36FN3O6/c1-25(2,3)35-23(31)28-16-18(15-27)17-34-20-9-10-21-19(14-20)8-11-22(29-21)33-13-12-30(7)24(32)36-26(4,5)6/h8-11,14-15H,12-13,16-17H2,1-7H3,(H,28,31)/b18-15+. The number of aromatic nitrogens is 1. The third kappa shape index (κ3) is 10.4. The van der Waals surface area contributed by atoms with E-state index in [1.165, 1.54) is 4.90 Å². The number of halogens is 1. The van der Waals surface area contributed by atoms with Gasteiger partial charge in [-0.3, -0.25) is 0 Å². The molecule has 0 bridgehead atoms. The normalized spacial score (nSPS) is 12.2. The van der Waals surface area contributed by atoms with Crippen LogP contribution in [0.3, 0.4) is 0 Å². The fourth-order valence-corrected chi connectivity index (χ4v) is 2.77. The summed E-state index contributed by atoms with van der Waals surface area (Å²) in [4.78, 5) is 29.7. The number of nitrogens with one attached hydrogen (secondary N) is 1. The molecule has 0 saturated heterocycles. The first-order valence-corrected chi connectivity index (χ1v) is 11.6. The molecular formula is C26H36FN3O6. The number of hydrogen-bond acceptors (Lipinski definition) is 7. The summed E-state index contributed by atoms with van der Waals surface area (Å²) in [6.45, 7) is 11.2. The van der Waals surface area contributed by atoms with E-state index in [9.17, 15) is 14.0 Å². The molecule has 36 heavy (non-hydrogen) atoms. The molecule has 0 aliphatic heterocycles. The molecular weight excluding hydrogens is 469 g/mol. The molecule has 1 heterocycles. The van der Waals surface area contributed by atoms with Crippen LogP contribution in [0, 0.1) is 0 Å². The van der Waals surface area contributed by atoms with E-state index >= 15 is 0 Å². The number of pyridine rings is 1. The SMILES string of the molecule is CN(CCOc1ccc2cc(OC/C(=C/F)CNC(=O)OC(C)(C)C)ccc2n1)C(=O)OC(C)(C)C. The van der Waals surface area contributed by atoms with Gasteiger partial charge < -0.3 is 29.2 Å². The number of carbonyl (C=O) groups is 2. The molecule has 1 aromatic carbocycles. The van der Waals surface area contributed by atoms with Crippen LogP contribution in [-0.2, 0) is 9.47 Å². The van der Waals surface area contributed by atoms with Gasteiger partial charge in [0.05, 0.1) is 18.4 Å². The van der Waals surface area contributed by atoms with Crippen molar-refractivity contribution in [3.05, 3.63) is 42.2 Å². The van der Waals surface area contributed by atoms with E-state index < -0.39 is 23.4 Å². The summed E-state index contributed by atoms with van der Waals surface area (Å²) < 4.78 is 35.0. The summed E-state index contributed by atoms with van der Waals surface area (Å²) >= 11 is 0. The highest BCUT2D eigenvalue weighted by Gasteiger charge is 2.19. The highest BCUT2D eigenvalue weighted by molar-refractivity contribution is 5.80. The third-order valence-corrected chi connectivity index (χ3v) is 4.45. The maximum absolute atomic E-state index is 13.2. The molecule has 9 nitrogen and oxygen atoms in total. The van der Waals surface area contributed by atoms with Crippen LogP contribution in [0.5, 0.6) is 11.6 Å². The van der Waals surface area contributed by atoms with Crippen LogP contribution in [0.2, 0.25) is 0 Å². The minimum atomic E-state index is -0.638. The monoisotopic (exact) mass is 505 g/mol. The first kappa shape index (κ1) is 28.7. The van der Waals surface area contributed by atoms with Gasteiger partial charge in [-0.15, -0.1) is 0 Å². The van der Waals surface area contributed by atoms with Gasteiger partial charge in [-0.1, -0.05) is 0 Å². The molecule has 0 spiro atoms. The molecule has 0 aliphatic carbocycles. The quantitative estimate of drug-likeness (QED) is 0.498. The van der Waals surface area contributed by atoms with E-state index in [2.05, 4.69) is 10.3 Å². The van der Waals surface area contributed by atoms with E-state index in [0.29, 0.717) is 30.0 Å². The van der Waals surface area contributed by atoms with Crippen molar-refractivity contribution < 1.29 is 32.9 Å². The van der Waals surface area contributed by atoms with Crippen molar-refractivity contribution in [2.45, 2.75) is 52.7 Å². The first-order chi connectivity index (χ1) is 16.8. The maximum Gasteiger partial charge on any atom is 0.410 e. The Bertz CT molecular complexity index is 1080. The van der Waals surface area contributed by atoms with Gasteiger partial charge in [-0.25, -0.2) is 19.0 Å². The van der Waals surface area contributed by atoms with Crippen LogP contribution in [0.1, 0.15) is 41.5 Å². The Morgan fingerprint density at radius 1 is 1.03 bits per heavy atom. The highest BCUT2D eigenvalue weighted by atomic mass is 19.1. The topological polar surface area (TPSA) is 99.2 Å². The fourth-order valence-electron chi connectivity index (χ4n) is 2.77. The van der Waals surface area contributed by atoms with Crippen LogP contribution < -0.4 is 14.8 Å². The molecule has 0 radical (unpaired) electrons. The molecule has 0 fully saturated rings. The summed E-state index contributed by atoms with van der Waals surface area (Å²) in [6.07, 6.45) is -0.645. The number of amides is 2. The van der Waals surface area contributed by atoms with Crippen LogP contribution in [0.25, 0.3) is 10.9 Å². The summed E-state index contributed by atoms with van der Waals surface area (Å²) in [5.74, 6) is 0.943. The predicted octanol–water partition coefficient (Wildman–Crippen LogP) is 5.24. The number of benzene rings is 1. The fraction of sp³-hybridized carbons (Fsp3) is 0.500. The Morgan fingerprint density at radius 2 is 1.72 bits per heavy atom. The second-order valence-corrected chi connectivity index (χ2v) is 10.2. The first-order valence-electron chi connectivity index (χ1n) is 11.6. The number of likely N-dealkylation sites (N-methyl/N-ethyl adjacent to an activating group) is 1. The number of hydrogen-bond donors (Lipinski definition) is 1. The van der Waals surface area contributed by atoms with Crippen LogP contribution in [0.15, 0.2) is 42.2 Å². The van der Waals surface area contributed by atoms with Crippen LogP contribution in [0.4, 0.5) is 14.0 Å². The third-order valence-electron chi connectivity index (χ3n) is 4.45. The van der Waals surface area contributed by atoms with Crippen molar-refractivity contribution >= 4 is 23.1 Å². The number of alkyl carbamates (subject to hydrolysis) is 1. The van der Waals surface area contributed by atoms with Crippen molar-refractivity contribution in [3.8, 4) is 11.6 Å². The van der Waals surface area contributed by atoms with Gasteiger partial charge in [-0.2, -0.15) is 0 Å². The molecule has 2 rings (SSSR count). The molecule has 0 unspecified atom stereocenters. The minimum absolute atomic E-state index is 0.0373. The number of nitrogens with zero attached hydrogens (tertiary/aromatic N) is 2. The Hall–Kier alpha value is -3.56. The van der Waals surface area contributed by atoms with Crippen LogP contribution >= 0.6 is 0 Å². The lowest BCUT2D eigenvalue weighted by atomic mass is 10.2. The van der Waals surface area contributed by atoms with Gasteiger partial charge in [0.1, 0.15) is 30.2 Å². The molecule has 0 saturated carbocycles. The van der Waals surface area contributed by atoms with E-state index in [0.717, 1.165) is 5.39 Å². The number of ether oxygens (including phenoxy) is 4. The highest BCUT2D eigenvalue weighted by Crippen LogP contribution is 2.22. The number of fused-ring (bicyclic) bond motifs is 1. The summed E-state index contributed by atoms with van der Waals surface area (Å²) in [5, 5.41) is 3.31. The van der Waals surface area contributed by atoms with E-state index in [1.54, 1.807) is 52.1 Å². The van der Waals surface area contributed by atoms with Gasteiger partial charge in [0.2, 0.25) is 5.88 Å². The van der Waals surface area contributed by atoms with Crippen molar-refractivity contribution in [1.82, 2.24) is 15.2 Å². The van der Waals surface area contributed by atoms with Gasteiger partial charge in [0.25, 0.3) is 0 Å². The minimum Gasteiger partial charge on any atom is -0.489 e. The van der Waals surface area contributed by atoms with E-state index in [1.807, 2.05) is 26.8 Å². The molecule has 2 amide bonds. The van der Waals surface area contributed by atoms with Crippen molar-refractivity contribution in [2.24, 2.45) is 0 Å². The Balaban J connectivity index is 1.86. The lowest BCUT2D eigenvalue weighted by Crippen LogP contribution is -2.36. The van der Waals surface area contributed by atoms with Crippen molar-refractivity contribution in [1.29, 1.82) is 0 Å². The zero-order valence-corrected chi connectivity index (χ0v) is 22.0. The van der Waals surface area contributed by atoms with Gasteiger partial charge in [0, 0.05) is 30.6 Å².